The molecule has 2 unspecified atom stereocenters. The molecular formula is C28H37N3O5. The lowest BCUT2D eigenvalue weighted by Gasteiger charge is -2.36. The Balaban J connectivity index is 2.41. The zero-order valence-corrected chi connectivity index (χ0v) is 22.0. The van der Waals surface area contributed by atoms with Crippen LogP contribution in [0.2, 0.25) is 0 Å². The lowest BCUT2D eigenvalue weighted by atomic mass is 9.99. The van der Waals surface area contributed by atoms with Gasteiger partial charge in [-0.3, -0.25) is 9.59 Å². The largest absolute Gasteiger partial charge is 0.497 e. The van der Waals surface area contributed by atoms with Crippen LogP contribution < -0.4 is 15.4 Å². The highest BCUT2D eigenvalue weighted by Gasteiger charge is 2.34. The maximum atomic E-state index is 13.7. The molecular weight excluding hydrogens is 458 g/mol. The van der Waals surface area contributed by atoms with Crippen LogP contribution in [0.1, 0.15) is 58.2 Å². The SMILES string of the molecule is C=Cc1cccc(C(C(=O)Nc2ccc(OC)cc2)N(C(=O)CNC(=O)OC(C)(C)C)C(C)CC)c1. The molecule has 0 aliphatic heterocycles. The van der Waals surface area contributed by atoms with Crippen molar-refractivity contribution in [3.63, 3.8) is 0 Å². The number of nitrogens with one attached hydrogen (secondary N) is 2. The Morgan fingerprint density at radius 2 is 1.78 bits per heavy atom. The van der Waals surface area contributed by atoms with Crippen LogP contribution in [0.5, 0.6) is 5.75 Å². The quantitative estimate of drug-likeness (QED) is 0.474. The monoisotopic (exact) mass is 495 g/mol. The summed E-state index contributed by atoms with van der Waals surface area (Å²) < 4.78 is 10.4. The van der Waals surface area contributed by atoms with E-state index in [1.165, 1.54) is 4.90 Å². The van der Waals surface area contributed by atoms with Gasteiger partial charge in [-0.25, -0.2) is 4.79 Å². The molecule has 2 N–H and O–H groups in total. The number of methoxy groups -OCH3 is 1. The number of hydrogen-bond acceptors (Lipinski definition) is 5. The Bertz CT molecular complexity index is 1060. The van der Waals surface area contributed by atoms with Crippen molar-refractivity contribution in [2.24, 2.45) is 0 Å². The number of amides is 3. The predicted molar refractivity (Wildman–Crippen MR) is 142 cm³/mol. The third kappa shape index (κ3) is 8.15. The van der Waals surface area contributed by atoms with E-state index in [1.807, 2.05) is 32.0 Å². The van der Waals surface area contributed by atoms with Crippen LogP contribution in [0, 0.1) is 0 Å². The summed E-state index contributed by atoms with van der Waals surface area (Å²) in [5, 5.41) is 5.43. The minimum absolute atomic E-state index is 0.294. The standard InChI is InChI=1S/C28H37N3O5/c1-8-19(3)31(24(32)18-29-27(34)36-28(4,5)6)25(21-12-10-11-20(9-2)17-21)26(33)30-22-13-15-23(35-7)16-14-22/h9-17,19,25H,2,8,18H2,1,3-7H3,(H,29,34)(H,30,33). The number of alkyl carbamates (subject to hydrolysis) is 1. The lowest BCUT2D eigenvalue weighted by molar-refractivity contribution is -0.140. The number of nitrogens with zero attached hydrogens (tertiary/aromatic N) is 1. The Morgan fingerprint density at radius 3 is 2.33 bits per heavy atom. The van der Waals surface area contributed by atoms with E-state index < -0.39 is 23.6 Å². The van der Waals surface area contributed by atoms with Crippen LogP contribution in [-0.2, 0) is 14.3 Å². The molecule has 0 saturated heterocycles. The number of hydrogen-bond donors (Lipinski definition) is 2. The highest BCUT2D eigenvalue weighted by molar-refractivity contribution is 5.98. The maximum Gasteiger partial charge on any atom is 0.408 e. The molecule has 0 heterocycles. The number of rotatable bonds is 10. The maximum absolute atomic E-state index is 13.7. The highest BCUT2D eigenvalue weighted by Crippen LogP contribution is 2.28. The van der Waals surface area contributed by atoms with Gasteiger partial charge >= 0.3 is 6.09 Å². The lowest BCUT2D eigenvalue weighted by Crippen LogP contribution is -2.50. The Morgan fingerprint density at radius 1 is 1.11 bits per heavy atom. The molecule has 8 heteroatoms. The summed E-state index contributed by atoms with van der Waals surface area (Å²) in [6.07, 6.45) is 1.58. The van der Waals surface area contributed by atoms with Gasteiger partial charge in [-0.05, 0) is 75.6 Å². The highest BCUT2D eigenvalue weighted by atomic mass is 16.6. The molecule has 2 rings (SSSR count). The predicted octanol–water partition coefficient (Wildman–Crippen LogP) is 5.17. The molecule has 0 spiro atoms. The second-order valence-electron chi connectivity index (χ2n) is 9.41. The summed E-state index contributed by atoms with van der Waals surface area (Å²) in [6, 6.07) is 13.0. The molecule has 2 aromatic carbocycles. The van der Waals surface area contributed by atoms with Crippen molar-refractivity contribution >= 4 is 29.7 Å². The van der Waals surface area contributed by atoms with E-state index in [-0.39, 0.29) is 18.5 Å². The summed E-state index contributed by atoms with van der Waals surface area (Å²) >= 11 is 0. The van der Waals surface area contributed by atoms with Gasteiger partial charge in [0.1, 0.15) is 23.9 Å². The zero-order chi connectivity index (χ0) is 26.9. The summed E-state index contributed by atoms with van der Waals surface area (Å²) in [6.45, 7) is 12.5. The first-order valence-corrected chi connectivity index (χ1v) is 11.9. The third-order valence-corrected chi connectivity index (χ3v) is 5.48. The van der Waals surface area contributed by atoms with E-state index in [0.717, 1.165) is 5.56 Å². The number of carbonyl (C=O) groups is 3. The van der Waals surface area contributed by atoms with Gasteiger partial charge < -0.3 is 25.0 Å². The van der Waals surface area contributed by atoms with Crippen molar-refractivity contribution in [3.8, 4) is 5.75 Å². The fourth-order valence-electron chi connectivity index (χ4n) is 3.57. The van der Waals surface area contributed by atoms with Gasteiger partial charge in [0.05, 0.1) is 7.11 Å². The van der Waals surface area contributed by atoms with E-state index in [0.29, 0.717) is 23.4 Å². The zero-order valence-electron chi connectivity index (χ0n) is 22.0. The average molecular weight is 496 g/mol. The van der Waals surface area contributed by atoms with E-state index in [2.05, 4.69) is 17.2 Å². The molecule has 2 atom stereocenters. The molecule has 36 heavy (non-hydrogen) atoms. The third-order valence-electron chi connectivity index (χ3n) is 5.48. The molecule has 8 nitrogen and oxygen atoms in total. The molecule has 0 bridgehead atoms. The van der Waals surface area contributed by atoms with Gasteiger partial charge in [-0.15, -0.1) is 0 Å². The van der Waals surface area contributed by atoms with Crippen molar-refractivity contribution in [3.05, 3.63) is 66.2 Å². The summed E-state index contributed by atoms with van der Waals surface area (Å²) in [4.78, 5) is 40.8. The van der Waals surface area contributed by atoms with Crippen LogP contribution in [0.15, 0.2) is 55.1 Å². The number of benzene rings is 2. The van der Waals surface area contributed by atoms with E-state index >= 15 is 0 Å². The second-order valence-corrected chi connectivity index (χ2v) is 9.41. The molecule has 0 fully saturated rings. The first-order chi connectivity index (χ1) is 17.0. The van der Waals surface area contributed by atoms with Gasteiger partial charge in [0.25, 0.3) is 5.91 Å². The van der Waals surface area contributed by atoms with Crippen LogP contribution in [0.3, 0.4) is 0 Å². The topological polar surface area (TPSA) is 97.0 Å². The number of ether oxygens (including phenoxy) is 2. The first kappa shape index (κ1) is 28.4. The molecule has 2 aromatic rings. The summed E-state index contributed by atoms with van der Waals surface area (Å²) in [5.41, 5.74) is 1.31. The summed E-state index contributed by atoms with van der Waals surface area (Å²) in [7, 11) is 1.57. The van der Waals surface area contributed by atoms with E-state index in [1.54, 1.807) is 64.3 Å². The minimum Gasteiger partial charge on any atom is -0.497 e. The Kier molecular flexibility index (Phi) is 10.1. The first-order valence-electron chi connectivity index (χ1n) is 11.9. The van der Waals surface area contributed by atoms with E-state index in [4.69, 9.17) is 9.47 Å². The van der Waals surface area contributed by atoms with Gasteiger partial charge in [-0.1, -0.05) is 37.8 Å². The van der Waals surface area contributed by atoms with Crippen LogP contribution >= 0.6 is 0 Å². The van der Waals surface area contributed by atoms with Crippen molar-refractivity contribution in [1.82, 2.24) is 10.2 Å². The fourth-order valence-corrected chi connectivity index (χ4v) is 3.57. The second kappa shape index (κ2) is 12.8. The van der Waals surface area contributed by atoms with Crippen molar-refractivity contribution < 1.29 is 23.9 Å². The van der Waals surface area contributed by atoms with Gasteiger partial charge in [-0.2, -0.15) is 0 Å². The average Bonchev–Trinajstić information content (AvgIpc) is 2.84. The normalized spacial score (nSPS) is 12.6. The van der Waals surface area contributed by atoms with E-state index in [9.17, 15) is 14.4 Å². The minimum atomic E-state index is -0.949. The number of anilines is 1. The fraction of sp³-hybridized carbons (Fsp3) is 0.393. The van der Waals surface area contributed by atoms with Crippen molar-refractivity contribution in [2.45, 2.75) is 58.7 Å². The summed E-state index contributed by atoms with van der Waals surface area (Å²) in [5.74, 6) is -0.130. The van der Waals surface area contributed by atoms with Crippen LogP contribution in [0.25, 0.3) is 6.08 Å². The molecule has 0 saturated carbocycles. The van der Waals surface area contributed by atoms with Gasteiger partial charge in [0.15, 0.2) is 0 Å². The molecule has 0 aliphatic rings. The smallest absolute Gasteiger partial charge is 0.408 e. The molecule has 194 valence electrons. The van der Waals surface area contributed by atoms with Crippen molar-refractivity contribution in [1.29, 1.82) is 0 Å². The Labute approximate surface area is 213 Å². The van der Waals surface area contributed by atoms with Crippen LogP contribution in [0.4, 0.5) is 10.5 Å². The number of carbonyl (C=O) groups excluding carboxylic acids is 3. The Hall–Kier alpha value is -3.81. The van der Waals surface area contributed by atoms with Gasteiger partial charge in [0, 0.05) is 11.7 Å². The van der Waals surface area contributed by atoms with Crippen molar-refractivity contribution in [2.75, 3.05) is 19.0 Å². The molecule has 3 amide bonds. The molecule has 0 aliphatic carbocycles. The molecule has 0 aromatic heterocycles. The molecule has 0 radical (unpaired) electrons. The van der Waals surface area contributed by atoms with Crippen LogP contribution in [-0.4, -0.2) is 48.1 Å². The van der Waals surface area contributed by atoms with Gasteiger partial charge in [0.2, 0.25) is 5.91 Å².